The maximum Gasteiger partial charge on any atom is 0.255 e. The number of benzene rings is 4. The molecule has 11 heteroatoms. The zero-order valence-electron chi connectivity index (χ0n) is 25.8. The van der Waals surface area contributed by atoms with Crippen molar-refractivity contribution in [3.8, 4) is 11.5 Å². The number of ether oxygens (including phenoxy) is 3. The van der Waals surface area contributed by atoms with E-state index >= 15 is 0 Å². The number of hydrogen-bond acceptors (Lipinski definition) is 7. The normalized spacial score (nSPS) is 14.2. The molecule has 0 spiro atoms. The number of hydrogen-bond donors (Lipinski definition) is 1. The lowest BCUT2D eigenvalue weighted by Gasteiger charge is -2.32. The lowest BCUT2D eigenvalue weighted by Crippen LogP contribution is -2.43. The minimum Gasteiger partial charge on any atom is -0.497 e. The quantitative estimate of drug-likeness (QED) is 0.243. The molecule has 0 radical (unpaired) electrons. The predicted octanol–water partition coefficient (Wildman–Crippen LogP) is 4.42. The van der Waals surface area contributed by atoms with Crippen LogP contribution in [0.2, 0.25) is 0 Å². The van der Waals surface area contributed by atoms with E-state index in [1.165, 1.54) is 33.5 Å². The van der Waals surface area contributed by atoms with Gasteiger partial charge in [0, 0.05) is 31.7 Å². The summed E-state index contributed by atoms with van der Waals surface area (Å²) >= 11 is 0. The molecule has 0 bridgehead atoms. The first kappa shape index (κ1) is 32.7. The monoisotopic (exact) mass is 643 g/mol. The van der Waals surface area contributed by atoms with E-state index in [1.807, 2.05) is 54.6 Å². The smallest absolute Gasteiger partial charge is 0.255 e. The number of amides is 2. The highest BCUT2D eigenvalue weighted by atomic mass is 32.2. The number of sulfonamides is 1. The van der Waals surface area contributed by atoms with Gasteiger partial charge >= 0.3 is 0 Å². The Kier molecular flexibility index (Phi) is 10.7. The highest BCUT2D eigenvalue weighted by Crippen LogP contribution is 2.28. The van der Waals surface area contributed by atoms with Crippen LogP contribution in [0.1, 0.15) is 33.1 Å². The summed E-state index contributed by atoms with van der Waals surface area (Å²) in [5, 5.41) is 3.00. The van der Waals surface area contributed by atoms with Gasteiger partial charge in [-0.3, -0.25) is 9.59 Å². The Morgan fingerprint density at radius 1 is 0.804 bits per heavy atom. The van der Waals surface area contributed by atoms with Crippen LogP contribution < -0.4 is 14.8 Å². The molecule has 10 nitrogen and oxygen atoms in total. The van der Waals surface area contributed by atoms with E-state index in [2.05, 4.69) is 5.32 Å². The molecule has 1 atom stereocenters. The molecule has 4 aromatic rings. The van der Waals surface area contributed by atoms with Crippen molar-refractivity contribution in [1.29, 1.82) is 0 Å². The average molecular weight is 644 g/mol. The summed E-state index contributed by atoms with van der Waals surface area (Å²) < 4.78 is 43.7. The number of morpholine rings is 1. The fourth-order valence-electron chi connectivity index (χ4n) is 5.22. The molecule has 0 aliphatic carbocycles. The van der Waals surface area contributed by atoms with Gasteiger partial charge in [0.2, 0.25) is 15.9 Å². The number of rotatable bonds is 12. The van der Waals surface area contributed by atoms with E-state index in [4.69, 9.17) is 14.2 Å². The third-order valence-corrected chi connectivity index (χ3v) is 9.70. The number of carbonyl (C=O) groups is 2. The fraction of sp³-hybridized carbons (Fsp3) is 0.257. The summed E-state index contributed by atoms with van der Waals surface area (Å²) in [5.74, 6) is 0.505. The van der Waals surface area contributed by atoms with Crippen LogP contribution in [-0.4, -0.2) is 70.0 Å². The number of nitrogens with one attached hydrogen (secondary N) is 1. The summed E-state index contributed by atoms with van der Waals surface area (Å²) in [5.41, 5.74) is 2.52. The standard InChI is InChI=1S/C35H37N3O7S/c1-43-30-14-8-26(9-15-30)24-36-34(39)33(28-10-16-31(44-2)17-11-28)38(25-27-6-4-3-5-7-27)35(40)29-12-18-32(19-13-29)46(41,42)37-20-22-45-23-21-37/h3-19,33H,20-25H2,1-2H3,(H,36,39). The van der Waals surface area contributed by atoms with Gasteiger partial charge in [0.1, 0.15) is 17.5 Å². The van der Waals surface area contributed by atoms with Crippen molar-refractivity contribution < 1.29 is 32.2 Å². The van der Waals surface area contributed by atoms with Crippen LogP contribution in [0, 0.1) is 0 Å². The van der Waals surface area contributed by atoms with Gasteiger partial charge in [-0.25, -0.2) is 8.42 Å². The zero-order chi connectivity index (χ0) is 32.5. The molecule has 0 saturated carbocycles. The van der Waals surface area contributed by atoms with Crippen LogP contribution in [0.25, 0.3) is 0 Å². The van der Waals surface area contributed by atoms with Gasteiger partial charge in [-0.2, -0.15) is 4.31 Å². The van der Waals surface area contributed by atoms with E-state index in [0.717, 1.165) is 11.1 Å². The molecule has 2 amide bonds. The summed E-state index contributed by atoms with van der Waals surface area (Å²) in [6.07, 6.45) is 0. The second-order valence-electron chi connectivity index (χ2n) is 10.7. The summed E-state index contributed by atoms with van der Waals surface area (Å²) in [6, 6.07) is 28.6. The van der Waals surface area contributed by atoms with Gasteiger partial charge in [0.25, 0.3) is 5.91 Å². The lowest BCUT2D eigenvalue weighted by atomic mass is 10.0. The molecule has 46 heavy (non-hydrogen) atoms. The van der Waals surface area contributed by atoms with Gasteiger partial charge in [0.15, 0.2) is 0 Å². The number of carbonyl (C=O) groups excluding carboxylic acids is 2. The van der Waals surface area contributed by atoms with Gasteiger partial charge in [-0.15, -0.1) is 0 Å². The summed E-state index contributed by atoms with van der Waals surface area (Å²) in [7, 11) is -0.600. The van der Waals surface area contributed by atoms with Crippen molar-refractivity contribution in [2.24, 2.45) is 0 Å². The summed E-state index contributed by atoms with van der Waals surface area (Å²) in [4.78, 5) is 30.0. The maximum absolute atomic E-state index is 14.3. The van der Waals surface area contributed by atoms with Crippen LogP contribution in [0.15, 0.2) is 108 Å². The topological polar surface area (TPSA) is 114 Å². The van der Waals surface area contributed by atoms with Crippen molar-refractivity contribution in [2.75, 3.05) is 40.5 Å². The van der Waals surface area contributed by atoms with Crippen molar-refractivity contribution >= 4 is 21.8 Å². The molecule has 1 unspecified atom stereocenters. The first-order valence-corrected chi connectivity index (χ1v) is 16.3. The Morgan fingerprint density at radius 2 is 1.39 bits per heavy atom. The minimum atomic E-state index is -3.75. The Hall–Kier alpha value is -4.71. The first-order chi connectivity index (χ1) is 22.3. The van der Waals surface area contributed by atoms with Crippen LogP contribution in [0.4, 0.5) is 0 Å². The van der Waals surface area contributed by atoms with E-state index in [1.54, 1.807) is 38.5 Å². The molecule has 1 aliphatic rings. The highest BCUT2D eigenvalue weighted by molar-refractivity contribution is 7.89. The van der Waals surface area contributed by atoms with Gasteiger partial charge in [-0.1, -0.05) is 54.6 Å². The second kappa shape index (κ2) is 15.0. The molecule has 4 aromatic carbocycles. The third kappa shape index (κ3) is 7.74. The Labute approximate surface area is 269 Å². The molecule has 1 fully saturated rings. The molecule has 5 rings (SSSR count). The molecule has 1 N–H and O–H groups in total. The Balaban J connectivity index is 1.48. The molecule has 1 heterocycles. The van der Waals surface area contributed by atoms with E-state index in [9.17, 15) is 18.0 Å². The molecule has 240 valence electrons. The second-order valence-corrected chi connectivity index (χ2v) is 12.6. The number of nitrogens with zero attached hydrogens (tertiary/aromatic N) is 2. The van der Waals surface area contributed by atoms with Crippen LogP contribution in [0.3, 0.4) is 0 Å². The van der Waals surface area contributed by atoms with Crippen molar-refractivity contribution in [3.05, 3.63) is 125 Å². The van der Waals surface area contributed by atoms with E-state index in [-0.39, 0.29) is 42.5 Å². The molecule has 1 aliphatic heterocycles. The first-order valence-electron chi connectivity index (χ1n) is 14.9. The summed E-state index contributed by atoms with van der Waals surface area (Å²) in [6.45, 7) is 1.55. The zero-order valence-corrected chi connectivity index (χ0v) is 26.6. The van der Waals surface area contributed by atoms with Crippen LogP contribution >= 0.6 is 0 Å². The maximum atomic E-state index is 14.3. The Morgan fingerprint density at radius 3 is 1.98 bits per heavy atom. The van der Waals surface area contributed by atoms with Crippen LogP contribution in [0.5, 0.6) is 11.5 Å². The Bertz CT molecular complexity index is 1710. The molecule has 0 aromatic heterocycles. The fourth-order valence-corrected chi connectivity index (χ4v) is 6.63. The van der Waals surface area contributed by atoms with Crippen molar-refractivity contribution in [2.45, 2.75) is 24.0 Å². The molecular formula is C35H37N3O7S. The minimum absolute atomic E-state index is 0.0875. The van der Waals surface area contributed by atoms with Crippen LogP contribution in [-0.2, 0) is 32.6 Å². The third-order valence-electron chi connectivity index (χ3n) is 7.78. The van der Waals surface area contributed by atoms with Crippen molar-refractivity contribution in [1.82, 2.24) is 14.5 Å². The average Bonchev–Trinajstić information content (AvgIpc) is 3.11. The van der Waals surface area contributed by atoms with Gasteiger partial charge in [0.05, 0.1) is 32.3 Å². The molecule has 1 saturated heterocycles. The van der Waals surface area contributed by atoms with Crippen molar-refractivity contribution in [3.63, 3.8) is 0 Å². The highest BCUT2D eigenvalue weighted by Gasteiger charge is 2.33. The van der Waals surface area contributed by atoms with E-state index in [0.29, 0.717) is 30.3 Å². The van der Waals surface area contributed by atoms with E-state index < -0.39 is 22.0 Å². The number of methoxy groups -OCH3 is 2. The molecular weight excluding hydrogens is 606 g/mol. The predicted molar refractivity (Wildman–Crippen MR) is 173 cm³/mol. The van der Waals surface area contributed by atoms with Gasteiger partial charge in [-0.05, 0) is 65.2 Å². The SMILES string of the molecule is COc1ccc(CNC(=O)C(c2ccc(OC)cc2)N(Cc2ccccc2)C(=O)c2ccc(S(=O)(=O)N3CCOCC3)cc2)cc1. The largest absolute Gasteiger partial charge is 0.497 e. The van der Waals surface area contributed by atoms with Gasteiger partial charge < -0.3 is 24.4 Å². The lowest BCUT2D eigenvalue weighted by molar-refractivity contribution is -0.126.